The molecule has 102 valence electrons. The molecule has 0 bridgehead atoms. The maximum atomic E-state index is 12.5. The number of fused-ring (bicyclic) bond motifs is 1. The van der Waals surface area contributed by atoms with Gasteiger partial charge in [-0.2, -0.15) is 0 Å². The Bertz CT molecular complexity index is 496. The van der Waals surface area contributed by atoms with Crippen molar-refractivity contribution < 1.29 is 14.7 Å². The molecule has 1 aromatic rings. The second-order valence-electron chi connectivity index (χ2n) is 5.31. The van der Waals surface area contributed by atoms with Crippen molar-refractivity contribution in [1.82, 2.24) is 4.90 Å². The van der Waals surface area contributed by atoms with Crippen molar-refractivity contribution in [2.45, 2.75) is 32.7 Å². The van der Waals surface area contributed by atoms with E-state index in [1.165, 1.54) is 0 Å². The molecule has 1 N–H and O–H groups in total. The molecule has 0 spiro atoms. The highest BCUT2D eigenvalue weighted by atomic mass is 16.4. The van der Waals surface area contributed by atoms with Crippen molar-refractivity contribution in [2.75, 3.05) is 6.54 Å². The fourth-order valence-corrected chi connectivity index (χ4v) is 2.65. The lowest BCUT2D eigenvalue weighted by Gasteiger charge is -2.37. The number of benzene rings is 1. The van der Waals surface area contributed by atoms with Crippen molar-refractivity contribution >= 4 is 11.9 Å². The van der Waals surface area contributed by atoms with Crippen molar-refractivity contribution in [1.29, 1.82) is 0 Å². The van der Waals surface area contributed by atoms with Gasteiger partial charge in [0.25, 0.3) is 5.91 Å². The molecule has 1 heterocycles. The third kappa shape index (κ3) is 2.78. The maximum absolute atomic E-state index is 12.5. The van der Waals surface area contributed by atoms with E-state index in [-0.39, 0.29) is 24.3 Å². The number of carboxylic acid groups (broad SMARTS) is 1. The fraction of sp³-hybridized carbons (Fsp3) is 0.467. The summed E-state index contributed by atoms with van der Waals surface area (Å²) in [5.41, 5.74) is 1.77. The van der Waals surface area contributed by atoms with Gasteiger partial charge in [0.1, 0.15) is 0 Å². The third-order valence-electron chi connectivity index (χ3n) is 3.68. The van der Waals surface area contributed by atoms with Crippen LogP contribution in [0.2, 0.25) is 0 Å². The molecule has 1 aliphatic heterocycles. The van der Waals surface area contributed by atoms with Crippen molar-refractivity contribution in [3.63, 3.8) is 0 Å². The summed E-state index contributed by atoms with van der Waals surface area (Å²) in [6.45, 7) is 4.52. The Morgan fingerprint density at radius 1 is 1.37 bits per heavy atom. The van der Waals surface area contributed by atoms with Gasteiger partial charge in [-0.1, -0.05) is 32.0 Å². The molecule has 1 aromatic carbocycles. The lowest BCUT2D eigenvalue weighted by molar-refractivity contribution is -0.138. The monoisotopic (exact) mass is 261 g/mol. The molecule has 19 heavy (non-hydrogen) atoms. The highest BCUT2D eigenvalue weighted by Gasteiger charge is 2.32. The van der Waals surface area contributed by atoms with E-state index in [4.69, 9.17) is 5.11 Å². The average Bonchev–Trinajstić information content (AvgIpc) is 2.37. The molecule has 4 nitrogen and oxygen atoms in total. The zero-order valence-electron chi connectivity index (χ0n) is 11.3. The molecule has 1 atom stereocenters. The van der Waals surface area contributed by atoms with Crippen LogP contribution in [-0.2, 0) is 11.2 Å². The Hall–Kier alpha value is -1.84. The van der Waals surface area contributed by atoms with Gasteiger partial charge in [0.15, 0.2) is 0 Å². The third-order valence-corrected chi connectivity index (χ3v) is 3.68. The second-order valence-corrected chi connectivity index (χ2v) is 5.31. The Kier molecular flexibility index (Phi) is 3.88. The molecule has 1 unspecified atom stereocenters. The molecule has 1 aliphatic rings. The highest BCUT2D eigenvalue weighted by Crippen LogP contribution is 2.24. The SMILES string of the molecule is CC(C)C(CC(=O)O)N1CCc2ccccc2C1=O. The predicted molar refractivity (Wildman–Crippen MR) is 72.1 cm³/mol. The number of aliphatic carboxylic acids is 1. The van der Waals surface area contributed by atoms with Gasteiger partial charge in [0.2, 0.25) is 0 Å². The summed E-state index contributed by atoms with van der Waals surface area (Å²) in [7, 11) is 0. The Labute approximate surface area is 113 Å². The lowest BCUT2D eigenvalue weighted by atomic mass is 9.93. The van der Waals surface area contributed by atoms with Crippen LogP contribution in [0.5, 0.6) is 0 Å². The Morgan fingerprint density at radius 2 is 2.05 bits per heavy atom. The van der Waals surface area contributed by atoms with E-state index in [1.807, 2.05) is 38.1 Å². The number of hydrogen-bond acceptors (Lipinski definition) is 2. The standard InChI is InChI=1S/C15H19NO3/c1-10(2)13(9-14(17)18)16-8-7-11-5-3-4-6-12(11)15(16)19/h3-6,10,13H,7-9H2,1-2H3,(H,17,18). The first-order chi connectivity index (χ1) is 9.00. The van der Waals surface area contributed by atoms with E-state index >= 15 is 0 Å². The van der Waals surface area contributed by atoms with Crippen LogP contribution in [0, 0.1) is 5.92 Å². The highest BCUT2D eigenvalue weighted by molar-refractivity contribution is 5.97. The van der Waals surface area contributed by atoms with E-state index in [1.54, 1.807) is 4.90 Å². The van der Waals surface area contributed by atoms with Crippen LogP contribution in [-0.4, -0.2) is 34.5 Å². The summed E-state index contributed by atoms with van der Waals surface area (Å²) in [5.74, 6) is -0.766. The molecule has 0 fully saturated rings. The molecule has 0 aliphatic carbocycles. The van der Waals surface area contributed by atoms with Gasteiger partial charge >= 0.3 is 5.97 Å². The zero-order chi connectivity index (χ0) is 14.0. The second kappa shape index (κ2) is 5.43. The van der Waals surface area contributed by atoms with Crippen LogP contribution in [0.15, 0.2) is 24.3 Å². The summed E-state index contributed by atoms with van der Waals surface area (Å²) >= 11 is 0. The first-order valence-electron chi connectivity index (χ1n) is 6.61. The zero-order valence-corrected chi connectivity index (χ0v) is 11.3. The number of carboxylic acids is 1. The predicted octanol–water partition coefficient (Wildman–Crippen LogP) is 2.18. The first kappa shape index (κ1) is 13.6. The van der Waals surface area contributed by atoms with E-state index in [9.17, 15) is 9.59 Å². The van der Waals surface area contributed by atoms with Gasteiger partial charge in [-0.25, -0.2) is 0 Å². The molecule has 0 radical (unpaired) electrons. The van der Waals surface area contributed by atoms with Crippen molar-refractivity contribution in [3.8, 4) is 0 Å². The quantitative estimate of drug-likeness (QED) is 0.903. The van der Waals surface area contributed by atoms with Crippen LogP contribution >= 0.6 is 0 Å². The average molecular weight is 261 g/mol. The Morgan fingerprint density at radius 3 is 2.68 bits per heavy atom. The van der Waals surface area contributed by atoms with E-state index in [0.717, 1.165) is 12.0 Å². The number of carbonyl (C=O) groups is 2. The van der Waals surface area contributed by atoms with E-state index in [0.29, 0.717) is 12.1 Å². The number of hydrogen-bond donors (Lipinski definition) is 1. The molecule has 0 saturated carbocycles. The minimum Gasteiger partial charge on any atom is -0.481 e. The van der Waals surface area contributed by atoms with Crippen molar-refractivity contribution in [3.05, 3.63) is 35.4 Å². The smallest absolute Gasteiger partial charge is 0.305 e. The Balaban J connectivity index is 2.27. The molecule has 2 rings (SSSR count). The molecular formula is C15H19NO3. The van der Waals surface area contributed by atoms with Crippen LogP contribution in [0.4, 0.5) is 0 Å². The number of amides is 1. The molecular weight excluding hydrogens is 242 g/mol. The topological polar surface area (TPSA) is 57.6 Å². The van der Waals surface area contributed by atoms with Gasteiger partial charge in [-0.05, 0) is 24.0 Å². The summed E-state index contributed by atoms with van der Waals surface area (Å²) in [6.07, 6.45) is 0.802. The molecule has 0 aromatic heterocycles. The fourth-order valence-electron chi connectivity index (χ4n) is 2.65. The largest absolute Gasteiger partial charge is 0.481 e. The van der Waals surface area contributed by atoms with E-state index < -0.39 is 5.97 Å². The minimum absolute atomic E-state index is 0.00553. The van der Waals surface area contributed by atoms with Crippen LogP contribution in [0.25, 0.3) is 0 Å². The summed E-state index contributed by atoms with van der Waals surface area (Å²) in [5, 5.41) is 9.01. The normalized spacial score (nSPS) is 16.4. The van der Waals surface area contributed by atoms with Gasteiger partial charge < -0.3 is 10.0 Å². The van der Waals surface area contributed by atoms with E-state index in [2.05, 4.69) is 0 Å². The summed E-state index contributed by atoms with van der Waals surface area (Å²) < 4.78 is 0. The summed E-state index contributed by atoms with van der Waals surface area (Å²) in [6, 6.07) is 7.33. The molecule has 4 heteroatoms. The number of carbonyl (C=O) groups excluding carboxylic acids is 1. The van der Waals surface area contributed by atoms with Gasteiger partial charge in [0, 0.05) is 18.2 Å². The van der Waals surface area contributed by atoms with Gasteiger partial charge in [0.05, 0.1) is 6.42 Å². The van der Waals surface area contributed by atoms with Crippen LogP contribution in [0.3, 0.4) is 0 Å². The van der Waals surface area contributed by atoms with Crippen LogP contribution < -0.4 is 0 Å². The number of rotatable bonds is 4. The maximum Gasteiger partial charge on any atom is 0.305 e. The first-order valence-corrected chi connectivity index (χ1v) is 6.61. The lowest BCUT2D eigenvalue weighted by Crippen LogP contribution is -2.48. The van der Waals surface area contributed by atoms with Crippen molar-refractivity contribution in [2.24, 2.45) is 5.92 Å². The van der Waals surface area contributed by atoms with Gasteiger partial charge in [-0.3, -0.25) is 9.59 Å². The minimum atomic E-state index is -0.856. The summed E-state index contributed by atoms with van der Waals surface area (Å²) in [4.78, 5) is 25.2. The molecule has 0 saturated heterocycles. The van der Waals surface area contributed by atoms with Gasteiger partial charge in [-0.15, -0.1) is 0 Å². The van der Waals surface area contributed by atoms with Crippen LogP contribution in [0.1, 0.15) is 36.2 Å². The number of nitrogens with zero attached hydrogens (tertiary/aromatic N) is 1. The molecule has 1 amide bonds.